The van der Waals surface area contributed by atoms with Gasteiger partial charge in [-0.3, -0.25) is 4.79 Å². The van der Waals surface area contributed by atoms with Crippen LogP contribution in [-0.2, 0) is 11.2 Å². The number of para-hydroxylation sites is 1. The van der Waals surface area contributed by atoms with Gasteiger partial charge in [0.15, 0.2) is 0 Å². The van der Waals surface area contributed by atoms with E-state index in [9.17, 15) is 15.0 Å². The maximum atomic E-state index is 10.8. The number of rotatable bonds is 8. The van der Waals surface area contributed by atoms with Gasteiger partial charge in [0.1, 0.15) is 11.9 Å². The van der Waals surface area contributed by atoms with Crippen LogP contribution in [0.3, 0.4) is 0 Å². The van der Waals surface area contributed by atoms with E-state index in [-0.39, 0.29) is 59.8 Å². The predicted octanol–water partition coefficient (Wildman–Crippen LogP) is 2.91. The molecule has 30 heavy (non-hydrogen) atoms. The molecule has 0 saturated heterocycles. The molecule has 1 unspecified atom stereocenters. The zero-order chi connectivity index (χ0) is 21.0. The Bertz CT molecular complexity index is 825. The third kappa shape index (κ3) is 5.69. The van der Waals surface area contributed by atoms with Crippen molar-refractivity contribution in [3.8, 4) is 17.6 Å². The van der Waals surface area contributed by atoms with Crippen LogP contribution in [0.2, 0.25) is 0 Å². The first kappa shape index (κ1) is 25.0. The molecule has 157 valence electrons. The third-order valence-corrected chi connectivity index (χ3v) is 6.04. The summed E-state index contributed by atoms with van der Waals surface area (Å²) in [7, 11) is 0. The van der Waals surface area contributed by atoms with Gasteiger partial charge in [0, 0.05) is 66.2 Å². The van der Waals surface area contributed by atoms with Gasteiger partial charge in [-0.15, -0.1) is 11.8 Å². The smallest absolute Gasteiger partial charge is 0.303 e. The minimum Gasteiger partial charge on any atom is -0.489 e. The number of fused-ring (bicyclic) bond motifs is 3. The SMILES string of the molecule is CC#CCC(C)[C@H](O)/C=C/[C@@H]1[C@H]2c3cccc(CCCC(=O)O)c3O[C@H]2C[C@H]1O.[Na]. The van der Waals surface area contributed by atoms with Gasteiger partial charge in [0.2, 0.25) is 0 Å². The minimum absolute atomic E-state index is 0. The molecule has 1 aromatic rings. The quantitative estimate of drug-likeness (QED) is 0.341. The van der Waals surface area contributed by atoms with Crippen molar-refractivity contribution in [3.05, 3.63) is 41.5 Å². The van der Waals surface area contributed by atoms with Crippen molar-refractivity contribution in [2.45, 2.75) is 70.2 Å². The number of carboxylic acid groups (broad SMARTS) is 1. The van der Waals surface area contributed by atoms with E-state index < -0.39 is 18.2 Å². The summed E-state index contributed by atoms with van der Waals surface area (Å²) in [5.74, 6) is 5.87. The normalized spacial score (nSPS) is 26.0. The number of hydrogen-bond acceptors (Lipinski definition) is 4. The molecule has 1 heterocycles. The molecule has 0 spiro atoms. The van der Waals surface area contributed by atoms with Crippen LogP contribution >= 0.6 is 0 Å². The Labute approximate surface area is 200 Å². The number of ether oxygens (including phenoxy) is 1. The maximum Gasteiger partial charge on any atom is 0.303 e. The molecular formula is C24H30NaO5. The van der Waals surface area contributed by atoms with E-state index in [1.807, 2.05) is 31.2 Å². The van der Waals surface area contributed by atoms with Crippen molar-refractivity contribution in [2.75, 3.05) is 0 Å². The number of carbonyl (C=O) groups is 1. The largest absolute Gasteiger partial charge is 0.489 e. The van der Waals surface area contributed by atoms with Crippen LogP contribution in [0.4, 0.5) is 0 Å². The van der Waals surface area contributed by atoms with Gasteiger partial charge in [-0.1, -0.05) is 37.3 Å². The summed E-state index contributed by atoms with van der Waals surface area (Å²) in [6.07, 6.45) is 5.07. The predicted molar refractivity (Wildman–Crippen MR) is 116 cm³/mol. The molecule has 1 aromatic carbocycles. The van der Waals surface area contributed by atoms with Crippen molar-refractivity contribution in [3.63, 3.8) is 0 Å². The molecule has 1 radical (unpaired) electrons. The summed E-state index contributed by atoms with van der Waals surface area (Å²) in [6.45, 7) is 3.75. The second-order valence-corrected chi connectivity index (χ2v) is 8.13. The summed E-state index contributed by atoms with van der Waals surface area (Å²) < 4.78 is 6.21. The van der Waals surface area contributed by atoms with Crippen molar-refractivity contribution < 1.29 is 24.9 Å². The molecule has 1 aliphatic heterocycles. The third-order valence-electron chi connectivity index (χ3n) is 6.04. The molecule has 6 heteroatoms. The Morgan fingerprint density at radius 2 is 2.17 bits per heavy atom. The van der Waals surface area contributed by atoms with Gasteiger partial charge in [-0.25, -0.2) is 0 Å². The molecule has 6 atom stereocenters. The van der Waals surface area contributed by atoms with Gasteiger partial charge in [0.25, 0.3) is 0 Å². The number of hydrogen-bond donors (Lipinski definition) is 3. The van der Waals surface area contributed by atoms with E-state index in [1.54, 1.807) is 13.0 Å². The first-order valence-corrected chi connectivity index (χ1v) is 10.4. The summed E-state index contributed by atoms with van der Waals surface area (Å²) in [5, 5.41) is 29.9. The van der Waals surface area contributed by atoms with E-state index >= 15 is 0 Å². The molecule has 5 nitrogen and oxygen atoms in total. The fourth-order valence-electron chi connectivity index (χ4n) is 4.41. The second-order valence-electron chi connectivity index (χ2n) is 8.13. The van der Waals surface area contributed by atoms with Gasteiger partial charge in [0.05, 0.1) is 12.2 Å². The van der Waals surface area contributed by atoms with Crippen LogP contribution in [-0.4, -0.2) is 69.2 Å². The van der Waals surface area contributed by atoms with Crippen LogP contribution in [0, 0.1) is 23.7 Å². The Balaban J connectivity index is 0.00000320. The topological polar surface area (TPSA) is 87.0 Å². The zero-order valence-electron chi connectivity index (χ0n) is 18.0. The summed E-state index contributed by atoms with van der Waals surface area (Å²) in [5.41, 5.74) is 2.11. The molecule has 0 aromatic heterocycles. The van der Waals surface area contributed by atoms with Crippen LogP contribution in [0.25, 0.3) is 0 Å². The molecule has 1 aliphatic carbocycles. The summed E-state index contributed by atoms with van der Waals surface area (Å²) in [6, 6.07) is 6.01. The number of carboxylic acids is 1. The monoisotopic (exact) mass is 421 g/mol. The molecular weight excluding hydrogens is 391 g/mol. The molecule has 3 rings (SSSR count). The number of aliphatic carboxylic acids is 1. The van der Waals surface area contributed by atoms with E-state index in [0.29, 0.717) is 25.7 Å². The van der Waals surface area contributed by atoms with Crippen molar-refractivity contribution in [2.24, 2.45) is 11.8 Å². The summed E-state index contributed by atoms with van der Waals surface area (Å²) in [4.78, 5) is 10.8. The van der Waals surface area contributed by atoms with E-state index in [0.717, 1.165) is 16.9 Å². The van der Waals surface area contributed by atoms with Crippen LogP contribution in [0.15, 0.2) is 30.4 Å². The molecule has 1 saturated carbocycles. The van der Waals surface area contributed by atoms with Gasteiger partial charge < -0.3 is 20.1 Å². The Morgan fingerprint density at radius 3 is 2.87 bits per heavy atom. The number of aliphatic hydroxyl groups excluding tert-OH is 2. The van der Waals surface area contributed by atoms with Gasteiger partial charge in [-0.2, -0.15) is 0 Å². The van der Waals surface area contributed by atoms with E-state index in [4.69, 9.17) is 9.84 Å². The number of benzene rings is 1. The zero-order valence-corrected chi connectivity index (χ0v) is 20.0. The fourth-order valence-corrected chi connectivity index (χ4v) is 4.41. The molecule has 0 bridgehead atoms. The second kappa shape index (κ2) is 11.4. The number of aliphatic hydroxyl groups is 2. The van der Waals surface area contributed by atoms with E-state index in [2.05, 4.69) is 11.8 Å². The fraction of sp³-hybridized carbons (Fsp3) is 0.542. The first-order chi connectivity index (χ1) is 13.9. The average molecular weight is 421 g/mol. The maximum absolute atomic E-state index is 10.8. The van der Waals surface area contributed by atoms with Crippen LogP contribution in [0.5, 0.6) is 5.75 Å². The average Bonchev–Trinajstić information content (AvgIpc) is 3.19. The van der Waals surface area contributed by atoms with Gasteiger partial charge in [-0.05, 0) is 31.2 Å². The van der Waals surface area contributed by atoms with E-state index in [1.165, 1.54) is 0 Å². The standard InChI is InChI=1S/C24H30O5.Na/c1-3-4-7-15(2)19(25)13-12-17-20(26)14-21-23(17)18-10-5-8-16(24(18)29-21)9-6-11-22(27)28;/h5,8,10,12-13,15,17,19-21,23,25-26H,6-7,9,11,14H2,1-2H3,(H,27,28);/b13-12+;/t15?,17-,19+,20+,21-,23-;/m0./s1. The first-order valence-electron chi connectivity index (χ1n) is 10.4. The number of aryl methyl sites for hydroxylation is 1. The Hall–Kier alpha value is -1.29. The Morgan fingerprint density at radius 1 is 1.40 bits per heavy atom. The minimum atomic E-state index is -0.790. The van der Waals surface area contributed by atoms with Crippen LogP contribution in [0.1, 0.15) is 56.6 Å². The Kier molecular flexibility index (Phi) is 9.46. The van der Waals surface area contributed by atoms with Crippen molar-refractivity contribution in [1.82, 2.24) is 0 Å². The molecule has 3 N–H and O–H groups in total. The summed E-state index contributed by atoms with van der Waals surface area (Å²) >= 11 is 0. The van der Waals surface area contributed by atoms with Crippen molar-refractivity contribution >= 4 is 35.5 Å². The van der Waals surface area contributed by atoms with Gasteiger partial charge >= 0.3 is 5.97 Å². The molecule has 0 amide bonds. The molecule has 2 aliphatic rings. The molecule has 1 fully saturated rings. The van der Waals surface area contributed by atoms with Crippen molar-refractivity contribution in [1.29, 1.82) is 0 Å². The van der Waals surface area contributed by atoms with Crippen LogP contribution < -0.4 is 4.74 Å².